The van der Waals surface area contributed by atoms with Crippen molar-refractivity contribution in [3.8, 4) is 5.88 Å². The van der Waals surface area contributed by atoms with E-state index in [1.807, 2.05) is 24.3 Å². The minimum Gasteiger partial charge on any atom is -0.481 e. The second-order valence-electron chi connectivity index (χ2n) is 12.7. The molecular weight excluding hydrogens is 571 g/mol. The molecule has 1 aromatic heterocycles. The molecular formula is C31H45N3O6SSi. The molecule has 0 spiro atoms. The van der Waals surface area contributed by atoms with E-state index in [0.29, 0.717) is 23.6 Å². The zero-order valence-electron chi connectivity index (χ0n) is 26.3. The summed E-state index contributed by atoms with van der Waals surface area (Å²) in [5.74, 6) is 0.361. The normalized spacial score (nSPS) is 12.7. The number of sulfonamides is 1. The number of benzene rings is 2. The smallest absolute Gasteiger partial charge is 0.410 e. The molecule has 0 aliphatic rings. The molecule has 0 aliphatic heterocycles. The maximum Gasteiger partial charge on any atom is 0.410 e. The lowest BCUT2D eigenvalue weighted by atomic mass is 10.1. The van der Waals surface area contributed by atoms with Crippen molar-refractivity contribution in [2.45, 2.75) is 70.2 Å². The largest absolute Gasteiger partial charge is 0.481 e. The Morgan fingerprint density at radius 1 is 0.905 bits per heavy atom. The number of hydrogen-bond acceptors (Lipinski definition) is 7. The molecule has 1 heterocycles. The number of carbonyl (C=O) groups is 1. The van der Waals surface area contributed by atoms with Crippen molar-refractivity contribution in [3.63, 3.8) is 0 Å². The van der Waals surface area contributed by atoms with Gasteiger partial charge in [-0.05, 0) is 56.4 Å². The van der Waals surface area contributed by atoms with Crippen molar-refractivity contribution in [1.29, 1.82) is 0 Å². The van der Waals surface area contributed by atoms with Crippen LogP contribution in [0.3, 0.4) is 0 Å². The number of hydrogen-bond donors (Lipinski definition) is 0. The predicted molar refractivity (Wildman–Crippen MR) is 170 cm³/mol. The zero-order chi connectivity index (χ0) is 31.3. The average molecular weight is 616 g/mol. The van der Waals surface area contributed by atoms with Crippen molar-refractivity contribution in [3.05, 3.63) is 60.8 Å². The first-order valence-electron chi connectivity index (χ1n) is 14.1. The zero-order valence-corrected chi connectivity index (χ0v) is 28.1. The van der Waals surface area contributed by atoms with Crippen molar-refractivity contribution < 1.29 is 27.1 Å². The molecule has 42 heavy (non-hydrogen) atoms. The molecule has 3 aromatic rings. The van der Waals surface area contributed by atoms with Crippen LogP contribution < -0.4 is 9.04 Å². The molecule has 11 heteroatoms. The van der Waals surface area contributed by atoms with E-state index in [4.69, 9.17) is 13.9 Å². The fraction of sp³-hybridized carbons (Fsp3) is 0.484. The quantitative estimate of drug-likeness (QED) is 0.222. The van der Waals surface area contributed by atoms with Crippen LogP contribution in [0.25, 0.3) is 10.8 Å². The van der Waals surface area contributed by atoms with Crippen molar-refractivity contribution in [2.75, 3.05) is 37.7 Å². The fourth-order valence-corrected chi connectivity index (χ4v) is 6.72. The lowest BCUT2D eigenvalue weighted by molar-refractivity contribution is 0.0229. The van der Waals surface area contributed by atoms with Crippen LogP contribution in [0, 0.1) is 0 Å². The van der Waals surface area contributed by atoms with E-state index in [1.165, 1.54) is 22.5 Å². The first-order chi connectivity index (χ1) is 19.5. The third kappa shape index (κ3) is 8.23. The molecule has 3 rings (SSSR count). The van der Waals surface area contributed by atoms with E-state index in [0.717, 1.165) is 5.39 Å². The Hall–Kier alpha value is -3.15. The number of rotatable bonds is 11. The Bertz CT molecular complexity index is 1460. The van der Waals surface area contributed by atoms with Crippen molar-refractivity contribution >= 4 is 40.9 Å². The van der Waals surface area contributed by atoms with Gasteiger partial charge in [-0.15, -0.1) is 0 Å². The van der Waals surface area contributed by atoms with Gasteiger partial charge in [0.05, 0.1) is 37.0 Å². The standard InChI is InChI=1S/C31H45N3O6SSi/c1-30(2,3)40-29(35)33(21-22-39-42(8,9)31(4,5)6)19-20-34(25-17-18-28(38-7)32-23-25)41(36,37)27-16-12-14-24-13-10-11-15-26(24)27/h10-18,23H,19-22H2,1-9H3. The van der Waals surface area contributed by atoms with Crippen molar-refractivity contribution in [1.82, 2.24) is 9.88 Å². The molecule has 0 saturated carbocycles. The minimum atomic E-state index is -4.07. The van der Waals surface area contributed by atoms with Crippen LogP contribution in [-0.2, 0) is 19.2 Å². The molecule has 0 radical (unpaired) electrons. The molecule has 2 aromatic carbocycles. The Labute approximate surface area is 252 Å². The highest BCUT2D eigenvalue weighted by Crippen LogP contribution is 2.36. The summed E-state index contributed by atoms with van der Waals surface area (Å²) >= 11 is 0. The average Bonchev–Trinajstić information content (AvgIpc) is 2.90. The predicted octanol–water partition coefficient (Wildman–Crippen LogP) is 6.70. The van der Waals surface area contributed by atoms with Gasteiger partial charge in [-0.2, -0.15) is 0 Å². The van der Waals surface area contributed by atoms with Gasteiger partial charge in [0.15, 0.2) is 8.32 Å². The van der Waals surface area contributed by atoms with Crippen LogP contribution in [0.5, 0.6) is 5.88 Å². The topological polar surface area (TPSA) is 98.3 Å². The molecule has 0 unspecified atom stereocenters. The van der Waals surface area contributed by atoms with Gasteiger partial charge < -0.3 is 18.8 Å². The van der Waals surface area contributed by atoms with Crippen molar-refractivity contribution in [2.24, 2.45) is 0 Å². The van der Waals surface area contributed by atoms with E-state index < -0.39 is 30.0 Å². The van der Waals surface area contributed by atoms with Crippen LogP contribution in [-0.4, -0.2) is 71.7 Å². The van der Waals surface area contributed by atoms with E-state index in [2.05, 4.69) is 38.8 Å². The summed E-state index contributed by atoms with van der Waals surface area (Å²) in [5.41, 5.74) is -0.366. The van der Waals surface area contributed by atoms with E-state index in [9.17, 15) is 13.2 Å². The van der Waals surface area contributed by atoms with E-state index in [-0.39, 0.29) is 29.6 Å². The number of carbonyl (C=O) groups excluding carboxylic acids is 1. The van der Waals surface area contributed by atoms with Gasteiger partial charge >= 0.3 is 6.09 Å². The molecule has 230 valence electrons. The molecule has 1 amide bonds. The van der Waals surface area contributed by atoms with Crippen LogP contribution >= 0.6 is 0 Å². The van der Waals surface area contributed by atoms with Crippen LogP contribution in [0.4, 0.5) is 10.5 Å². The highest BCUT2D eigenvalue weighted by atomic mass is 32.2. The van der Waals surface area contributed by atoms with Gasteiger partial charge in [0.25, 0.3) is 10.0 Å². The number of fused-ring (bicyclic) bond motifs is 1. The number of ether oxygens (including phenoxy) is 2. The molecule has 9 nitrogen and oxygen atoms in total. The molecule has 0 atom stereocenters. The third-order valence-corrected chi connectivity index (χ3v) is 13.8. The highest BCUT2D eigenvalue weighted by molar-refractivity contribution is 7.93. The van der Waals surface area contributed by atoms with Gasteiger partial charge in [-0.25, -0.2) is 18.2 Å². The summed E-state index contributed by atoms with van der Waals surface area (Å²) < 4.78 is 47.1. The fourth-order valence-electron chi connectivity index (χ4n) is 4.03. The molecule has 0 saturated heterocycles. The first-order valence-corrected chi connectivity index (χ1v) is 18.4. The maximum absolute atomic E-state index is 14.3. The first kappa shape index (κ1) is 33.4. The van der Waals surface area contributed by atoms with Gasteiger partial charge in [-0.1, -0.05) is 57.2 Å². The van der Waals surface area contributed by atoms with Gasteiger partial charge in [-0.3, -0.25) is 4.31 Å². The van der Waals surface area contributed by atoms with E-state index in [1.54, 1.807) is 51.1 Å². The number of pyridine rings is 1. The van der Waals surface area contributed by atoms with Crippen LogP contribution in [0.2, 0.25) is 18.1 Å². The van der Waals surface area contributed by atoms with Crippen LogP contribution in [0.15, 0.2) is 65.7 Å². The second-order valence-corrected chi connectivity index (χ2v) is 19.3. The van der Waals surface area contributed by atoms with Gasteiger partial charge in [0.2, 0.25) is 5.88 Å². The summed E-state index contributed by atoms with van der Waals surface area (Å²) in [5, 5.41) is 1.43. The Kier molecular flexibility index (Phi) is 10.3. The van der Waals surface area contributed by atoms with E-state index >= 15 is 0 Å². The number of aromatic nitrogens is 1. The number of nitrogens with zero attached hydrogens (tertiary/aromatic N) is 3. The Morgan fingerprint density at radius 2 is 1.57 bits per heavy atom. The summed E-state index contributed by atoms with van der Waals surface area (Å²) in [6.07, 6.45) is 0.927. The Balaban J connectivity index is 1.97. The Morgan fingerprint density at radius 3 is 2.17 bits per heavy atom. The minimum absolute atomic E-state index is 0.00838. The summed E-state index contributed by atoms with van der Waals surface area (Å²) in [4.78, 5) is 19.2. The molecule has 0 N–H and O–H groups in total. The molecule has 0 aliphatic carbocycles. The summed E-state index contributed by atoms with van der Waals surface area (Å²) in [6.45, 7) is 16.8. The monoisotopic (exact) mass is 615 g/mol. The van der Waals surface area contributed by atoms with Crippen LogP contribution in [0.1, 0.15) is 41.5 Å². The summed E-state index contributed by atoms with van der Waals surface area (Å²) in [6, 6.07) is 15.8. The highest BCUT2D eigenvalue weighted by Gasteiger charge is 2.37. The summed E-state index contributed by atoms with van der Waals surface area (Å²) in [7, 11) is -4.64. The number of methoxy groups -OCH3 is 1. The van der Waals surface area contributed by atoms with Gasteiger partial charge in [0, 0.05) is 24.5 Å². The number of amides is 1. The lowest BCUT2D eigenvalue weighted by Gasteiger charge is -2.37. The van der Waals surface area contributed by atoms with Gasteiger partial charge in [0.1, 0.15) is 5.60 Å². The molecule has 0 bridgehead atoms. The number of anilines is 1. The lowest BCUT2D eigenvalue weighted by Crippen LogP contribution is -2.46. The molecule has 0 fully saturated rings. The maximum atomic E-state index is 14.3. The third-order valence-electron chi connectivity index (χ3n) is 7.39. The SMILES string of the molecule is COc1ccc(N(CCN(CCO[Si](C)(C)C(C)(C)C)C(=O)OC(C)(C)C)S(=O)(=O)c2cccc3ccccc23)cn1. The second kappa shape index (κ2) is 13.0.